The van der Waals surface area contributed by atoms with Gasteiger partial charge in [0.15, 0.2) is 0 Å². The summed E-state index contributed by atoms with van der Waals surface area (Å²) in [6.07, 6.45) is 26.5. The molecule has 0 aliphatic carbocycles. The van der Waals surface area contributed by atoms with Crippen LogP contribution in [0.1, 0.15) is 203 Å². The molecule has 0 bridgehead atoms. The van der Waals surface area contributed by atoms with Gasteiger partial charge in [0.05, 0.1) is 58.5 Å². The summed E-state index contributed by atoms with van der Waals surface area (Å²) in [5.41, 5.74) is 18.9. The highest BCUT2D eigenvalue weighted by molar-refractivity contribution is 7.99. The molecule has 8 saturated heterocycles. The molecule has 12 nitrogen and oxygen atoms in total. The minimum atomic E-state index is -0.463. The number of hydrogen-bond acceptors (Lipinski definition) is 13. The second-order valence-corrected chi connectivity index (χ2v) is 35.6. The molecule has 8 fully saturated rings. The van der Waals surface area contributed by atoms with E-state index >= 15 is 0 Å². The molecule has 688 valence electrons. The summed E-state index contributed by atoms with van der Waals surface area (Å²) >= 11 is 2.06. The summed E-state index contributed by atoms with van der Waals surface area (Å²) in [5.74, 6) is 2.17. The molecule has 0 amide bonds. The van der Waals surface area contributed by atoms with Gasteiger partial charge in [-0.25, -0.2) is 17.6 Å². The molecule has 0 radical (unpaired) electrons. The minimum Gasteiger partial charge on any atom is -0.378 e. The monoisotopic (exact) mass is 1740 g/mol. The second-order valence-electron chi connectivity index (χ2n) is 34.3. The number of aryl methyl sites for hydroxylation is 8. The van der Waals surface area contributed by atoms with Crippen molar-refractivity contribution in [3.63, 3.8) is 0 Å². The first kappa shape index (κ1) is 102. The van der Waals surface area contributed by atoms with E-state index in [1.54, 1.807) is 17.0 Å². The quantitative estimate of drug-likeness (QED) is 0.0511. The standard InChI is InChI=1S/C16H24FN.C13H17F2NO.C13H18FN.3C13H19NO.C13H19NS.C13H19N.FH/c1-13(2)6-7-14-8-9-15(12-16(14)17)18-10-4-3-5-11-18;1-2-3-10-8-11(14)13(12(15)9-10)16-4-6-17-7-5-16;1-2-5-11-6-7-13(12(14)10-11)15-8-3-4-9-15;1-2-5-12-6-3-4-7-13(12)14-8-10-15-11-9-14;1-2-4-12-5-3-6-13(11-12)14-7-9-15-10-8-14;2*1-2-3-12-4-6-13(7-5-12)14-8-10-15-11-9-14;1-2-7-12-8-3-4-9-13(12)14-10-5-6-11-14;/h8-9,12-13H,3-7,10-11H2,1-2H3;8-9H,2-7H2,1H3;6-7,10H,2-5,8-9H2,1H3;3-4,6-7H,2,5,8-11H2,1H3;3,5-6,11H,2,4,7-10H2,1H3;2*4-7H,2-3,8-11H2,1H3;3-4,8-9H,2,5-7,10-11H2,1H3;1H. The Labute approximate surface area is 755 Å². The van der Waals surface area contributed by atoms with E-state index in [1.807, 2.05) is 19.1 Å². The predicted molar refractivity (Wildman–Crippen MR) is 526 cm³/mol. The third-order valence-corrected chi connectivity index (χ3v) is 25.0. The number of ether oxygens (including phenoxy) is 4. The number of rotatable bonds is 25. The Kier molecular flexibility index (Phi) is 48.5. The lowest BCUT2D eigenvalue weighted by Gasteiger charge is -2.30. The van der Waals surface area contributed by atoms with Crippen LogP contribution in [-0.4, -0.2) is 169 Å². The molecule has 8 aromatic carbocycles. The normalized spacial score (nSPS) is 16.3. The van der Waals surface area contributed by atoms with Crippen LogP contribution in [-0.2, 0) is 70.3 Å². The molecule has 125 heavy (non-hydrogen) atoms. The van der Waals surface area contributed by atoms with Crippen LogP contribution in [0.25, 0.3) is 0 Å². The van der Waals surface area contributed by atoms with E-state index in [1.165, 1.54) is 215 Å². The summed E-state index contributed by atoms with van der Waals surface area (Å²) in [6.45, 7) is 42.1. The van der Waals surface area contributed by atoms with Gasteiger partial charge in [0.2, 0.25) is 0 Å². The zero-order valence-corrected chi connectivity index (χ0v) is 78.7. The molecule has 0 saturated carbocycles. The van der Waals surface area contributed by atoms with Crippen molar-refractivity contribution < 1.29 is 41.2 Å². The number of benzene rings is 8. The predicted octanol–water partition coefficient (Wildman–Crippen LogP) is 24.5. The fourth-order valence-corrected chi connectivity index (χ4v) is 18.1. The van der Waals surface area contributed by atoms with Crippen molar-refractivity contribution in [2.75, 3.05) is 208 Å². The molecule has 8 aromatic rings. The highest BCUT2D eigenvalue weighted by atomic mass is 32.2. The van der Waals surface area contributed by atoms with Crippen LogP contribution in [0.5, 0.6) is 0 Å². The van der Waals surface area contributed by atoms with Crippen LogP contribution in [0.15, 0.2) is 170 Å². The van der Waals surface area contributed by atoms with E-state index in [9.17, 15) is 17.6 Å². The van der Waals surface area contributed by atoms with Crippen molar-refractivity contribution in [2.24, 2.45) is 5.92 Å². The molecule has 8 aliphatic rings. The number of halogens is 5. The number of morpholine rings is 4. The molecule has 0 N–H and O–H groups in total. The van der Waals surface area contributed by atoms with Crippen LogP contribution >= 0.6 is 11.8 Å². The zero-order valence-electron chi connectivity index (χ0n) is 77.9. The number of hydrogen-bond donors (Lipinski definition) is 0. The Bertz CT molecular complexity index is 4100. The van der Waals surface area contributed by atoms with Crippen molar-refractivity contribution in [3.8, 4) is 0 Å². The number of anilines is 8. The van der Waals surface area contributed by atoms with Crippen molar-refractivity contribution in [1.29, 1.82) is 0 Å². The summed E-state index contributed by atoms with van der Waals surface area (Å²) in [5, 5.41) is 0. The molecule has 8 heterocycles. The average Bonchev–Trinajstić information content (AvgIpc) is 1.51. The number of para-hydroxylation sites is 2. The topological polar surface area (TPSA) is 62.8 Å². The molecule has 16 rings (SSSR count). The van der Waals surface area contributed by atoms with Crippen molar-refractivity contribution in [2.45, 2.75) is 210 Å². The number of piperidine rings is 1. The number of nitrogens with zero attached hydrogens (tertiary/aromatic N) is 8. The van der Waals surface area contributed by atoms with Gasteiger partial charge in [-0.05, 0) is 238 Å². The second kappa shape index (κ2) is 59.2. The number of thioether (sulfide) groups is 1. The SMILES string of the molecule is CC(C)CCc1ccc(N2CCCCC2)cc1F.CCCc1cc(F)c(N2CCOCC2)c(F)c1.CCCc1ccc(N2CCCC2)c(F)c1.CCCc1ccc(N2CCOCC2)cc1.CCCc1ccc(N2CCSCC2)cc1.CCCc1cccc(N2CCOCC2)c1.CCCc1ccccc1N1CCCC1.CCCc1ccccc1N1CCOCC1.F. The van der Waals surface area contributed by atoms with Crippen molar-refractivity contribution in [3.05, 3.63) is 238 Å². The van der Waals surface area contributed by atoms with Gasteiger partial charge in [-0.3, -0.25) is 4.70 Å². The van der Waals surface area contributed by atoms with Gasteiger partial charge in [-0.15, -0.1) is 0 Å². The first-order valence-corrected chi connectivity index (χ1v) is 49.2. The minimum absolute atomic E-state index is 0. The molecular formula is C107H155F5N8O4S. The van der Waals surface area contributed by atoms with Crippen LogP contribution in [0.4, 0.5) is 67.8 Å². The van der Waals surface area contributed by atoms with Gasteiger partial charge >= 0.3 is 0 Å². The molecule has 18 heteroatoms. The van der Waals surface area contributed by atoms with Gasteiger partial charge in [0, 0.05) is 150 Å². The lowest BCUT2D eigenvalue weighted by Crippen LogP contribution is -2.37. The first-order valence-electron chi connectivity index (χ1n) is 48.1. The molecule has 0 aromatic heterocycles. The van der Waals surface area contributed by atoms with Gasteiger partial charge in [-0.1, -0.05) is 192 Å². The summed E-state index contributed by atoms with van der Waals surface area (Å²) < 4.78 is 76.9. The smallest absolute Gasteiger partial charge is 0.149 e. The van der Waals surface area contributed by atoms with Crippen LogP contribution in [0.3, 0.4) is 0 Å². The fourth-order valence-electron chi connectivity index (χ4n) is 17.2. The van der Waals surface area contributed by atoms with E-state index < -0.39 is 11.6 Å². The van der Waals surface area contributed by atoms with E-state index in [4.69, 9.17) is 18.9 Å². The Hall–Kier alpha value is -8.00. The summed E-state index contributed by atoms with van der Waals surface area (Å²) in [7, 11) is 0. The first-order chi connectivity index (χ1) is 60.7. The maximum absolute atomic E-state index is 14.0. The molecule has 0 spiro atoms. The molecule has 8 aliphatic heterocycles. The molecule has 0 atom stereocenters. The maximum atomic E-state index is 14.0. The Balaban J connectivity index is 0.000000177. The molecule has 0 unspecified atom stereocenters. The lowest BCUT2D eigenvalue weighted by atomic mass is 10.0. The van der Waals surface area contributed by atoms with E-state index in [2.05, 4.69) is 235 Å². The van der Waals surface area contributed by atoms with Crippen molar-refractivity contribution >= 4 is 57.3 Å². The highest BCUT2D eigenvalue weighted by Crippen LogP contribution is 2.32. The Morgan fingerprint density at radius 2 is 0.624 bits per heavy atom. The third kappa shape index (κ3) is 35.5. The Morgan fingerprint density at radius 3 is 1.08 bits per heavy atom. The highest BCUT2D eigenvalue weighted by Gasteiger charge is 2.23. The average molecular weight is 1740 g/mol. The van der Waals surface area contributed by atoms with Gasteiger partial charge in [0.1, 0.15) is 29.0 Å². The molecular weight excluding hydrogens is 1590 g/mol. The maximum Gasteiger partial charge on any atom is 0.149 e. The zero-order chi connectivity index (χ0) is 87.7. The van der Waals surface area contributed by atoms with Gasteiger partial charge < -0.3 is 58.1 Å². The van der Waals surface area contributed by atoms with Crippen molar-refractivity contribution in [1.82, 2.24) is 0 Å². The fraction of sp³-hybridized carbons (Fsp3) is 0.551. The van der Waals surface area contributed by atoms with E-state index in [0.29, 0.717) is 38.6 Å². The lowest BCUT2D eigenvalue weighted by molar-refractivity contribution is 0.122. The van der Waals surface area contributed by atoms with Gasteiger partial charge in [-0.2, -0.15) is 11.8 Å². The van der Waals surface area contributed by atoms with E-state index in [0.717, 1.165) is 165 Å². The largest absolute Gasteiger partial charge is 0.378 e. The van der Waals surface area contributed by atoms with Crippen LogP contribution in [0, 0.1) is 29.2 Å². The van der Waals surface area contributed by atoms with Crippen LogP contribution in [0.2, 0.25) is 0 Å². The summed E-state index contributed by atoms with van der Waals surface area (Å²) in [6, 6.07) is 58.9. The van der Waals surface area contributed by atoms with Gasteiger partial charge in [0.25, 0.3) is 0 Å². The Morgan fingerprint density at radius 1 is 0.272 bits per heavy atom. The van der Waals surface area contributed by atoms with E-state index in [-0.39, 0.29) is 22.0 Å². The summed E-state index contributed by atoms with van der Waals surface area (Å²) in [4.78, 5) is 18.4. The third-order valence-electron chi connectivity index (χ3n) is 24.0. The van der Waals surface area contributed by atoms with Crippen LogP contribution < -0.4 is 39.2 Å².